The molecule has 6 aliphatic rings. The van der Waals surface area contributed by atoms with Crippen molar-refractivity contribution in [2.24, 2.45) is 0 Å². The molecule has 0 unspecified atom stereocenters. The van der Waals surface area contributed by atoms with Crippen LogP contribution in [0.1, 0.15) is 16.7 Å². The predicted octanol–water partition coefficient (Wildman–Crippen LogP) is 11.7. The summed E-state index contributed by atoms with van der Waals surface area (Å²) in [7, 11) is 0. The molecule has 384 valence electrons. The number of nitrogens with zero attached hydrogens (tertiary/aromatic N) is 2. The van der Waals surface area contributed by atoms with Gasteiger partial charge < -0.3 is 28.7 Å². The van der Waals surface area contributed by atoms with Crippen LogP contribution in [0, 0.1) is 67.3 Å². The first-order chi connectivity index (χ1) is 38.6. The van der Waals surface area contributed by atoms with Crippen LogP contribution < -0.4 is 76.5 Å². The van der Waals surface area contributed by atoms with Gasteiger partial charge in [0.15, 0.2) is 0 Å². The van der Waals surface area contributed by atoms with E-state index in [1.807, 2.05) is 50.2 Å². The van der Waals surface area contributed by atoms with Crippen molar-refractivity contribution in [3.05, 3.63) is 185 Å². The molecule has 0 saturated carbocycles. The SMILES string of the molecule is Cc1cc2c3c(c1)Oc1c(sc4cc(F)cc(F)c14)B3c1cc3c(cc1O2)Oc1cc(C)cc2c1B3c1cc3c(cc1N2c1c(F)cccc1F)N(c1c(F)cccc1F)c1cc(C)cc2c1B3c1sc3cc(F)cc(F)c3c1O2. The van der Waals surface area contributed by atoms with Gasteiger partial charge in [0.05, 0.1) is 10.8 Å². The van der Waals surface area contributed by atoms with Gasteiger partial charge in [-0.25, -0.2) is 35.1 Å². The predicted molar refractivity (Wildman–Crippen MR) is 300 cm³/mol. The molecule has 6 nitrogen and oxygen atoms in total. The summed E-state index contributed by atoms with van der Waals surface area (Å²) in [6.07, 6.45) is 0. The first-order valence-electron chi connectivity index (χ1n) is 25.5. The zero-order chi connectivity index (χ0) is 54.2. The molecule has 11 aromatic rings. The molecule has 0 N–H and O–H groups in total. The van der Waals surface area contributed by atoms with Crippen LogP contribution in [0.15, 0.2) is 121 Å². The van der Waals surface area contributed by atoms with Gasteiger partial charge in [-0.05, 0) is 149 Å². The Balaban J connectivity index is 0.987. The Kier molecular flexibility index (Phi) is 9.13. The highest BCUT2D eigenvalue weighted by atomic mass is 32.1. The van der Waals surface area contributed by atoms with E-state index in [1.165, 1.54) is 45.4 Å². The fourth-order valence-corrected chi connectivity index (χ4v) is 15.9. The van der Waals surface area contributed by atoms with E-state index < -0.39 is 78.1 Å². The highest BCUT2D eigenvalue weighted by Gasteiger charge is 2.51. The third kappa shape index (κ3) is 6.05. The van der Waals surface area contributed by atoms with E-state index in [1.54, 1.807) is 31.2 Å². The van der Waals surface area contributed by atoms with E-state index >= 15 is 30.7 Å². The lowest BCUT2D eigenvalue weighted by molar-refractivity contribution is 0.457. The minimum atomic E-state index is -0.908. The molecule has 0 bridgehead atoms. The molecule has 0 fully saturated rings. The van der Waals surface area contributed by atoms with E-state index in [4.69, 9.17) is 18.9 Å². The minimum absolute atomic E-state index is 0.0605. The summed E-state index contributed by atoms with van der Waals surface area (Å²) in [5.41, 5.74) is 6.30. The standard InChI is InChI=1S/C61H29B3F8N2O4S2/c1-24-10-41-53-45(12-24)75-43-23-44-32(64-55-47(76-44)14-26(3)15-48(55)78-59-52-38(72)17-28(66)19-50(52)80-61(59)64)21-31(43)62(53)29-20-30-40(22-39(29)73(41)56-33(67)6-4-7-34(56)68)74(57-35(69)8-5-9-36(57)70)42-11-25(2)13-46-54(42)63(30)60-58(77-46)51-37(71)16-27(65)18-49(51)79-60/h4-23H,1-3H3. The first kappa shape index (κ1) is 46.3. The van der Waals surface area contributed by atoms with Crippen LogP contribution in [0.2, 0.25) is 0 Å². The van der Waals surface area contributed by atoms with Gasteiger partial charge in [-0.3, -0.25) is 0 Å². The molecule has 0 radical (unpaired) electrons. The highest BCUT2D eigenvalue weighted by Crippen LogP contribution is 2.51. The summed E-state index contributed by atoms with van der Waals surface area (Å²) in [6.45, 7) is 3.21. The van der Waals surface area contributed by atoms with Crippen LogP contribution in [0.3, 0.4) is 0 Å². The second kappa shape index (κ2) is 15.8. The molecule has 80 heavy (non-hydrogen) atoms. The summed E-state index contributed by atoms with van der Waals surface area (Å²) in [5.74, 6) is -3.96. The van der Waals surface area contributed by atoms with Crippen molar-refractivity contribution >= 4 is 145 Å². The third-order valence-corrected chi connectivity index (χ3v) is 18.6. The number of hydrogen-bond donors (Lipinski definition) is 0. The number of fused-ring (bicyclic) bond motifs is 16. The molecule has 0 saturated heterocycles. The molecule has 19 heteroatoms. The molecular formula is C61H29B3F8N2O4S2. The van der Waals surface area contributed by atoms with Gasteiger partial charge in [-0.1, -0.05) is 24.3 Å². The van der Waals surface area contributed by atoms with Gasteiger partial charge in [0.1, 0.15) is 104 Å². The normalized spacial score (nSPS) is 14.2. The molecule has 0 atom stereocenters. The number of halogens is 8. The number of thiophene rings is 2. The monoisotopic (exact) mass is 1100 g/mol. The van der Waals surface area contributed by atoms with Gasteiger partial charge in [0.25, 0.3) is 20.1 Å². The Morgan fingerprint density at radius 1 is 0.362 bits per heavy atom. The van der Waals surface area contributed by atoms with E-state index in [9.17, 15) is 4.39 Å². The van der Waals surface area contributed by atoms with E-state index in [0.717, 1.165) is 53.3 Å². The van der Waals surface area contributed by atoms with Crippen LogP contribution in [-0.2, 0) is 0 Å². The number of aryl methyl sites for hydroxylation is 3. The lowest BCUT2D eigenvalue weighted by atomic mass is 9.30. The Morgan fingerprint density at radius 3 is 1.27 bits per heavy atom. The second-order valence-corrected chi connectivity index (χ2v) is 23.3. The maximum absolute atomic E-state index is 16.9. The molecule has 2 aromatic heterocycles. The summed E-state index contributed by atoms with van der Waals surface area (Å²) in [6, 6.07) is 29.5. The van der Waals surface area contributed by atoms with Crippen LogP contribution >= 0.6 is 22.7 Å². The van der Waals surface area contributed by atoms with Crippen molar-refractivity contribution in [2.75, 3.05) is 9.80 Å². The highest BCUT2D eigenvalue weighted by molar-refractivity contribution is 7.34. The Hall–Kier alpha value is -8.67. The minimum Gasteiger partial charge on any atom is -0.458 e. The molecular weight excluding hydrogens is 1070 g/mol. The van der Waals surface area contributed by atoms with Crippen molar-refractivity contribution in [1.82, 2.24) is 0 Å². The smallest absolute Gasteiger partial charge is 0.273 e. The maximum Gasteiger partial charge on any atom is 0.273 e. The van der Waals surface area contributed by atoms with Crippen molar-refractivity contribution in [3.8, 4) is 46.0 Å². The molecule has 0 amide bonds. The third-order valence-electron chi connectivity index (χ3n) is 16.3. The van der Waals surface area contributed by atoms with Gasteiger partial charge in [-0.2, -0.15) is 0 Å². The largest absolute Gasteiger partial charge is 0.458 e. The summed E-state index contributed by atoms with van der Waals surface area (Å²) in [4.78, 5) is 2.95. The zero-order valence-electron chi connectivity index (χ0n) is 41.6. The van der Waals surface area contributed by atoms with Crippen LogP contribution in [0.5, 0.6) is 46.0 Å². The molecule has 0 aliphatic carbocycles. The van der Waals surface area contributed by atoms with E-state index in [2.05, 4.69) is 0 Å². The lowest BCUT2D eigenvalue weighted by Crippen LogP contribution is -2.64. The number of anilines is 6. The quantitative estimate of drug-likeness (QED) is 0.127. The molecule has 9 aromatic carbocycles. The van der Waals surface area contributed by atoms with Gasteiger partial charge in [-0.15, -0.1) is 22.7 Å². The molecule has 0 spiro atoms. The van der Waals surface area contributed by atoms with Gasteiger partial charge in [0, 0.05) is 65.4 Å². The van der Waals surface area contributed by atoms with Crippen molar-refractivity contribution in [2.45, 2.75) is 20.8 Å². The average Bonchev–Trinajstić information content (AvgIpc) is 2.11. The maximum atomic E-state index is 16.9. The number of ether oxygens (including phenoxy) is 4. The fraction of sp³-hybridized carbons (Fsp3) is 0.0492. The van der Waals surface area contributed by atoms with Crippen LogP contribution in [-0.4, -0.2) is 20.1 Å². The lowest BCUT2D eigenvalue weighted by Gasteiger charge is -2.44. The van der Waals surface area contributed by atoms with Crippen LogP contribution in [0.25, 0.3) is 20.2 Å². The summed E-state index contributed by atoms with van der Waals surface area (Å²) in [5, 5.41) is 0.201. The summed E-state index contributed by atoms with van der Waals surface area (Å²) < 4.78 is 158. The van der Waals surface area contributed by atoms with Crippen molar-refractivity contribution in [3.63, 3.8) is 0 Å². The first-order valence-corrected chi connectivity index (χ1v) is 27.1. The van der Waals surface area contributed by atoms with E-state index in [0.29, 0.717) is 104 Å². The topological polar surface area (TPSA) is 43.4 Å². The Labute approximate surface area is 457 Å². The number of rotatable bonds is 2. The average molecular weight is 1100 g/mol. The van der Waals surface area contributed by atoms with Crippen LogP contribution in [0.4, 0.5) is 69.2 Å². The second-order valence-electron chi connectivity index (χ2n) is 21.1. The Bertz CT molecular complexity index is 4740. The summed E-state index contributed by atoms with van der Waals surface area (Å²) >= 11 is 2.33. The van der Waals surface area contributed by atoms with Gasteiger partial charge in [0.2, 0.25) is 0 Å². The number of para-hydroxylation sites is 2. The van der Waals surface area contributed by atoms with E-state index in [-0.39, 0.29) is 44.1 Å². The molecule has 6 aliphatic heterocycles. The molecule has 8 heterocycles. The van der Waals surface area contributed by atoms with Crippen molar-refractivity contribution < 1.29 is 54.1 Å². The molecule has 17 rings (SSSR count). The number of benzene rings is 9. The fourth-order valence-electron chi connectivity index (χ4n) is 13.3. The van der Waals surface area contributed by atoms with Gasteiger partial charge >= 0.3 is 0 Å². The van der Waals surface area contributed by atoms with Crippen molar-refractivity contribution in [1.29, 1.82) is 0 Å². The zero-order valence-corrected chi connectivity index (χ0v) is 43.3. The number of hydrogen-bond acceptors (Lipinski definition) is 8. The Morgan fingerprint density at radius 2 is 0.762 bits per heavy atom.